The number of nitrogens with one attached hydrogen (secondary N) is 2. The minimum Gasteiger partial charge on any atom is -0.490 e. The van der Waals surface area contributed by atoms with Crippen molar-refractivity contribution >= 4 is 23.2 Å². The minimum atomic E-state index is -0.402. The number of rotatable bonds is 11. The van der Waals surface area contributed by atoms with Gasteiger partial charge in [0.15, 0.2) is 11.5 Å². The minimum absolute atomic E-state index is 0.0699. The van der Waals surface area contributed by atoms with Gasteiger partial charge in [-0.15, -0.1) is 0 Å². The molecule has 0 heterocycles. The van der Waals surface area contributed by atoms with E-state index in [1.54, 1.807) is 19.1 Å². The van der Waals surface area contributed by atoms with Crippen LogP contribution >= 0.6 is 0 Å². The third-order valence-electron chi connectivity index (χ3n) is 6.02. The van der Waals surface area contributed by atoms with Crippen LogP contribution in [0.3, 0.4) is 0 Å². The van der Waals surface area contributed by atoms with Crippen LogP contribution in [0.25, 0.3) is 0 Å². The van der Waals surface area contributed by atoms with Crippen molar-refractivity contribution in [3.63, 3.8) is 0 Å². The second kappa shape index (κ2) is 13.5. The summed E-state index contributed by atoms with van der Waals surface area (Å²) in [6.45, 7) is 8.68. The first-order valence-electron chi connectivity index (χ1n) is 12.8. The van der Waals surface area contributed by atoms with Crippen LogP contribution in [0.15, 0.2) is 41.5 Å². The molecule has 2 aromatic rings. The number of amides is 2. The highest BCUT2D eigenvalue weighted by Crippen LogP contribution is 2.39. The van der Waals surface area contributed by atoms with Gasteiger partial charge in [0.1, 0.15) is 0 Å². The Bertz CT molecular complexity index is 1050. The third kappa shape index (κ3) is 7.23. The topological polar surface area (TPSA) is 98.2 Å². The lowest BCUT2D eigenvalue weighted by Gasteiger charge is -2.20. The van der Waals surface area contributed by atoms with Gasteiger partial charge in [-0.2, -0.15) is 5.10 Å². The lowest BCUT2D eigenvalue weighted by molar-refractivity contribution is -0.120. The summed E-state index contributed by atoms with van der Waals surface area (Å²) in [7, 11) is 0. The Labute approximate surface area is 213 Å². The fourth-order valence-electron chi connectivity index (χ4n) is 4.21. The molecule has 3 rings (SSSR count). The summed E-state index contributed by atoms with van der Waals surface area (Å²) in [4.78, 5) is 25.5. The zero-order valence-corrected chi connectivity index (χ0v) is 21.7. The average molecular weight is 496 g/mol. The van der Waals surface area contributed by atoms with Gasteiger partial charge in [-0.25, -0.2) is 5.43 Å². The van der Waals surface area contributed by atoms with Crippen LogP contribution < -0.4 is 25.0 Å². The molecule has 8 nitrogen and oxygen atoms in total. The number of carbonyl (C=O) groups excluding carboxylic acids is 2. The van der Waals surface area contributed by atoms with E-state index >= 15 is 0 Å². The van der Waals surface area contributed by atoms with Gasteiger partial charge in [-0.1, -0.05) is 31.4 Å². The fraction of sp³-hybridized carbons (Fsp3) is 0.464. The molecule has 0 aliphatic heterocycles. The van der Waals surface area contributed by atoms with Crippen molar-refractivity contribution in [2.75, 3.05) is 25.1 Å². The Morgan fingerprint density at radius 1 is 0.889 bits per heavy atom. The summed E-state index contributed by atoms with van der Waals surface area (Å²) in [5.41, 5.74) is 5.08. The monoisotopic (exact) mass is 495 g/mol. The number of benzene rings is 2. The van der Waals surface area contributed by atoms with Crippen molar-refractivity contribution in [2.45, 2.75) is 59.8 Å². The Morgan fingerprint density at radius 2 is 1.53 bits per heavy atom. The van der Waals surface area contributed by atoms with E-state index in [9.17, 15) is 9.59 Å². The second-order valence-electron chi connectivity index (χ2n) is 8.64. The number of hydrazone groups is 1. The highest BCUT2D eigenvalue weighted by molar-refractivity contribution is 6.02. The molecule has 1 saturated carbocycles. The molecule has 1 fully saturated rings. The molecule has 0 saturated heterocycles. The van der Waals surface area contributed by atoms with Crippen LogP contribution in [0.1, 0.15) is 75.7 Å². The molecule has 1 aliphatic rings. The molecule has 0 atom stereocenters. The Balaban J connectivity index is 1.73. The summed E-state index contributed by atoms with van der Waals surface area (Å²) in [6, 6.07) is 10.7. The molecule has 0 radical (unpaired) electrons. The van der Waals surface area contributed by atoms with Gasteiger partial charge in [0.2, 0.25) is 11.7 Å². The van der Waals surface area contributed by atoms with Gasteiger partial charge in [-0.05, 0) is 70.4 Å². The maximum atomic E-state index is 12.9. The fourth-order valence-corrected chi connectivity index (χ4v) is 4.21. The molecule has 0 aromatic heterocycles. The van der Waals surface area contributed by atoms with Gasteiger partial charge in [0.25, 0.3) is 5.91 Å². The van der Waals surface area contributed by atoms with Crippen molar-refractivity contribution in [1.82, 2.24) is 5.43 Å². The summed E-state index contributed by atoms with van der Waals surface area (Å²) in [5.74, 6) is 1.11. The number of nitrogens with zero attached hydrogens (tertiary/aromatic N) is 1. The van der Waals surface area contributed by atoms with E-state index < -0.39 is 5.91 Å². The molecular weight excluding hydrogens is 458 g/mol. The Hall–Kier alpha value is -3.55. The van der Waals surface area contributed by atoms with E-state index in [4.69, 9.17) is 14.2 Å². The Morgan fingerprint density at radius 3 is 2.14 bits per heavy atom. The molecule has 2 aromatic carbocycles. The van der Waals surface area contributed by atoms with E-state index in [1.165, 1.54) is 6.42 Å². The average Bonchev–Trinajstić information content (AvgIpc) is 2.89. The molecule has 36 heavy (non-hydrogen) atoms. The smallest absolute Gasteiger partial charge is 0.271 e. The van der Waals surface area contributed by atoms with Crippen LogP contribution in [0.5, 0.6) is 17.2 Å². The van der Waals surface area contributed by atoms with Crippen molar-refractivity contribution in [3.8, 4) is 17.2 Å². The number of hydrogen-bond donors (Lipinski definition) is 2. The highest BCUT2D eigenvalue weighted by atomic mass is 16.5. The third-order valence-corrected chi connectivity index (χ3v) is 6.02. The van der Waals surface area contributed by atoms with Gasteiger partial charge >= 0.3 is 0 Å². The summed E-state index contributed by atoms with van der Waals surface area (Å²) in [6.07, 6.45) is 5.31. The first-order chi connectivity index (χ1) is 17.5. The molecule has 2 amide bonds. The highest BCUT2D eigenvalue weighted by Gasteiger charge is 2.21. The van der Waals surface area contributed by atoms with Gasteiger partial charge < -0.3 is 19.5 Å². The summed E-state index contributed by atoms with van der Waals surface area (Å²) >= 11 is 0. The predicted octanol–water partition coefficient (Wildman–Crippen LogP) is 5.56. The normalized spacial score (nSPS) is 14.2. The van der Waals surface area contributed by atoms with Gasteiger partial charge in [0.05, 0.1) is 25.5 Å². The van der Waals surface area contributed by atoms with Crippen molar-refractivity contribution in [1.29, 1.82) is 0 Å². The zero-order chi connectivity index (χ0) is 25.9. The van der Waals surface area contributed by atoms with E-state index in [1.807, 2.05) is 45.0 Å². The standard InChI is InChI=1S/C28H37N3O5/c1-5-34-24-17-22(18-25(35-6-2)26(24)36-7-3)28(33)31-30-19(4)21-14-11-15-23(16-21)29-27(32)20-12-9-8-10-13-20/h11,14-18,20H,5-10,12-13H2,1-4H3,(H,29,32)(H,31,33). The van der Waals surface area contributed by atoms with E-state index in [0.717, 1.165) is 36.9 Å². The molecular formula is C28H37N3O5. The molecule has 0 unspecified atom stereocenters. The van der Waals surface area contributed by atoms with E-state index in [2.05, 4.69) is 15.8 Å². The molecule has 1 aliphatic carbocycles. The molecule has 194 valence electrons. The van der Waals surface area contributed by atoms with Crippen LogP contribution in [0, 0.1) is 5.92 Å². The van der Waals surface area contributed by atoms with Crippen LogP contribution in [0.4, 0.5) is 5.69 Å². The summed E-state index contributed by atoms with van der Waals surface area (Å²) in [5, 5.41) is 7.31. The number of carbonyl (C=O) groups is 2. The van der Waals surface area contributed by atoms with Crippen molar-refractivity contribution in [3.05, 3.63) is 47.5 Å². The van der Waals surface area contributed by atoms with Gasteiger partial charge in [0, 0.05) is 17.2 Å². The van der Waals surface area contributed by atoms with E-state index in [-0.39, 0.29) is 11.8 Å². The predicted molar refractivity (Wildman–Crippen MR) is 141 cm³/mol. The maximum Gasteiger partial charge on any atom is 0.271 e. The second-order valence-corrected chi connectivity index (χ2v) is 8.64. The number of anilines is 1. The SMILES string of the molecule is CCOc1cc(C(=O)NN=C(C)c2cccc(NC(=O)C3CCCCC3)c2)cc(OCC)c1OCC. The molecule has 0 spiro atoms. The van der Waals surface area contributed by atoms with Gasteiger partial charge in [-0.3, -0.25) is 9.59 Å². The van der Waals surface area contributed by atoms with Crippen LogP contribution in [-0.2, 0) is 4.79 Å². The number of hydrogen-bond acceptors (Lipinski definition) is 6. The van der Waals surface area contributed by atoms with E-state index in [0.29, 0.717) is 48.3 Å². The van der Waals surface area contributed by atoms with Crippen LogP contribution in [-0.4, -0.2) is 37.3 Å². The lowest BCUT2D eigenvalue weighted by Crippen LogP contribution is -2.24. The first kappa shape index (κ1) is 27.0. The molecule has 0 bridgehead atoms. The summed E-state index contributed by atoms with van der Waals surface area (Å²) < 4.78 is 17.1. The zero-order valence-electron chi connectivity index (χ0n) is 21.7. The number of ether oxygens (including phenoxy) is 3. The van der Waals surface area contributed by atoms with Crippen LogP contribution in [0.2, 0.25) is 0 Å². The largest absolute Gasteiger partial charge is 0.490 e. The maximum absolute atomic E-state index is 12.9. The quantitative estimate of drug-likeness (QED) is 0.314. The Kier molecular flexibility index (Phi) is 10.2. The lowest BCUT2D eigenvalue weighted by atomic mass is 9.88. The molecule has 8 heteroatoms. The van der Waals surface area contributed by atoms with Crippen molar-refractivity contribution < 1.29 is 23.8 Å². The van der Waals surface area contributed by atoms with Crippen molar-refractivity contribution in [2.24, 2.45) is 11.0 Å². The molecule has 2 N–H and O–H groups in total. The first-order valence-corrected chi connectivity index (χ1v) is 12.8.